The van der Waals surface area contributed by atoms with Gasteiger partial charge in [0.05, 0.1) is 10.3 Å². The predicted octanol–water partition coefficient (Wildman–Crippen LogP) is 4.76. The molecular formula is C23H25N5OS. The van der Waals surface area contributed by atoms with Gasteiger partial charge < -0.3 is 15.2 Å². The van der Waals surface area contributed by atoms with Gasteiger partial charge >= 0.3 is 0 Å². The molecule has 1 amide bonds. The van der Waals surface area contributed by atoms with Crippen LogP contribution in [0, 0.1) is 6.92 Å². The van der Waals surface area contributed by atoms with Crippen LogP contribution in [0.5, 0.6) is 0 Å². The second-order valence-corrected chi connectivity index (χ2v) is 8.85. The average molecular weight is 420 g/mol. The van der Waals surface area contributed by atoms with Crippen LogP contribution in [0.3, 0.4) is 0 Å². The number of likely N-dealkylation sites (tertiary alicyclic amines) is 1. The highest BCUT2D eigenvalue weighted by molar-refractivity contribution is 7.20. The zero-order chi connectivity index (χ0) is 20.5. The van der Waals surface area contributed by atoms with Gasteiger partial charge in [-0.25, -0.2) is 9.97 Å². The van der Waals surface area contributed by atoms with E-state index >= 15 is 0 Å². The molecule has 30 heavy (non-hydrogen) atoms. The second-order valence-electron chi connectivity index (χ2n) is 7.85. The number of hydrogen-bond donors (Lipinski definition) is 2. The van der Waals surface area contributed by atoms with Crippen LogP contribution in [0.2, 0.25) is 0 Å². The summed E-state index contributed by atoms with van der Waals surface area (Å²) >= 11 is 1.49. The number of para-hydroxylation sites is 1. The molecule has 1 aliphatic rings. The Morgan fingerprint density at radius 3 is 2.90 bits per heavy atom. The first-order chi connectivity index (χ1) is 14.7. The van der Waals surface area contributed by atoms with Gasteiger partial charge in [0.25, 0.3) is 5.91 Å². The molecule has 2 N–H and O–H groups in total. The molecule has 0 bridgehead atoms. The summed E-state index contributed by atoms with van der Waals surface area (Å²) in [5, 5.41) is 5.71. The number of carbonyl (C=O) groups is 1. The Kier molecular flexibility index (Phi) is 5.12. The van der Waals surface area contributed by atoms with Crippen molar-refractivity contribution in [2.24, 2.45) is 0 Å². The van der Waals surface area contributed by atoms with Gasteiger partial charge in [-0.05, 0) is 49.8 Å². The van der Waals surface area contributed by atoms with Crippen molar-refractivity contribution < 1.29 is 4.79 Å². The minimum absolute atomic E-state index is 0.139. The maximum absolute atomic E-state index is 13.1. The normalized spacial score (nSPS) is 14.5. The monoisotopic (exact) mass is 419 g/mol. The molecule has 0 saturated carbocycles. The molecule has 154 valence electrons. The number of piperidine rings is 1. The summed E-state index contributed by atoms with van der Waals surface area (Å²) in [7, 11) is 0. The molecule has 3 aromatic heterocycles. The number of aryl methyl sites for hydroxylation is 1. The number of thiophene rings is 1. The van der Waals surface area contributed by atoms with Crippen LogP contribution >= 0.6 is 11.3 Å². The molecule has 0 radical (unpaired) electrons. The van der Waals surface area contributed by atoms with Crippen LogP contribution < -0.4 is 5.32 Å². The van der Waals surface area contributed by atoms with Crippen LogP contribution in [-0.4, -0.2) is 45.4 Å². The van der Waals surface area contributed by atoms with Gasteiger partial charge in [-0.1, -0.05) is 18.2 Å². The smallest absolute Gasteiger partial charge is 0.264 e. The lowest BCUT2D eigenvalue weighted by molar-refractivity contribution is 0.0728. The minimum atomic E-state index is 0.139. The SMILES string of the molecule is Cc1c(C(=O)N2CCCCC2)sc2ncnc(NCCc3c[nH]c4ccccc34)c12. The number of rotatable bonds is 5. The van der Waals surface area contributed by atoms with Crippen molar-refractivity contribution in [2.75, 3.05) is 25.0 Å². The Balaban J connectivity index is 1.37. The quantitative estimate of drug-likeness (QED) is 0.489. The summed E-state index contributed by atoms with van der Waals surface area (Å²) in [5.41, 5.74) is 3.43. The Hall–Kier alpha value is -2.93. The van der Waals surface area contributed by atoms with Crippen molar-refractivity contribution >= 4 is 44.2 Å². The molecule has 0 atom stereocenters. The maximum Gasteiger partial charge on any atom is 0.264 e. The van der Waals surface area contributed by atoms with Crippen molar-refractivity contribution in [3.05, 3.63) is 52.8 Å². The molecule has 1 aromatic carbocycles. The van der Waals surface area contributed by atoms with Crippen LogP contribution in [0.4, 0.5) is 5.82 Å². The summed E-state index contributed by atoms with van der Waals surface area (Å²) in [6.07, 6.45) is 7.95. The molecule has 0 unspecified atom stereocenters. The van der Waals surface area contributed by atoms with E-state index in [4.69, 9.17) is 0 Å². The highest BCUT2D eigenvalue weighted by Crippen LogP contribution is 2.34. The van der Waals surface area contributed by atoms with Gasteiger partial charge in [0.15, 0.2) is 0 Å². The van der Waals surface area contributed by atoms with Gasteiger partial charge in [-0.2, -0.15) is 0 Å². The highest BCUT2D eigenvalue weighted by atomic mass is 32.1. The van der Waals surface area contributed by atoms with Crippen molar-refractivity contribution in [3.63, 3.8) is 0 Å². The molecule has 7 heteroatoms. The summed E-state index contributed by atoms with van der Waals surface area (Å²) in [5.74, 6) is 0.950. The van der Waals surface area contributed by atoms with Crippen LogP contribution in [0.1, 0.15) is 40.1 Å². The number of aromatic nitrogens is 3. The topological polar surface area (TPSA) is 73.9 Å². The van der Waals surface area contributed by atoms with Gasteiger partial charge in [-0.15, -0.1) is 11.3 Å². The maximum atomic E-state index is 13.1. The summed E-state index contributed by atoms with van der Waals surface area (Å²) in [6.45, 7) is 4.49. The van der Waals surface area contributed by atoms with Crippen LogP contribution in [0.15, 0.2) is 36.8 Å². The summed E-state index contributed by atoms with van der Waals surface area (Å²) < 4.78 is 0. The zero-order valence-electron chi connectivity index (χ0n) is 17.1. The van der Waals surface area contributed by atoms with Crippen molar-refractivity contribution in [2.45, 2.75) is 32.6 Å². The average Bonchev–Trinajstić information content (AvgIpc) is 3.36. The van der Waals surface area contributed by atoms with Crippen LogP contribution in [-0.2, 0) is 6.42 Å². The molecule has 5 rings (SSSR count). The Labute approximate surface area is 179 Å². The van der Waals surface area contributed by atoms with Gasteiger partial charge in [0, 0.05) is 36.7 Å². The van der Waals surface area contributed by atoms with E-state index in [-0.39, 0.29) is 5.91 Å². The largest absolute Gasteiger partial charge is 0.369 e. The van der Waals surface area contributed by atoms with Gasteiger partial charge in [0.2, 0.25) is 0 Å². The predicted molar refractivity (Wildman–Crippen MR) is 122 cm³/mol. The molecule has 4 aromatic rings. The number of aromatic amines is 1. The molecular weight excluding hydrogens is 394 g/mol. The van der Waals surface area contributed by atoms with Crippen molar-refractivity contribution in [3.8, 4) is 0 Å². The lowest BCUT2D eigenvalue weighted by Gasteiger charge is -2.26. The van der Waals surface area contributed by atoms with E-state index in [2.05, 4.69) is 44.7 Å². The van der Waals surface area contributed by atoms with E-state index in [1.54, 1.807) is 6.33 Å². The first-order valence-electron chi connectivity index (χ1n) is 10.5. The van der Waals surface area contributed by atoms with Gasteiger partial charge in [-0.3, -0.25) is 4.79 Å². The molecule has 0 aliphatic carbocycles. The molecule has 1 aliphatic heterocycles. The first-order valence-corrected chi connectivity index (χ1v) is 11.4. The lowest BCUT2D eigenvalue weighted by atomic mass is 10.1. The molecule has 1 fully saturated rings. The number of benzene rings is 1. The zero-order valence-corrected chi connectivity index (χ0v) is 17.9. The Morgan fingerprint density at radius 1 is 1.20 bits per heavy atom. The number of amides is 1. The third kappa shape index (κ3) is 3.43. The number of nitrogens with one attached hydrogen (secondary N) is 2. The number of carbonyl (C=O) groups excluding carboxylic acids is 1. The van der Waals surface area contributed by atoms with E-state index in [1.807, 2.05) is 17.9 Å². The van der Waals surface area contributed by atoms with E-state index in [0.717, 1.165) is 70.9 Å². The molecule has 4 heterocycles. The number of hydrogen-bond acceptors (Lipinski definition) is 5. The molecule has 6 nitrogen and oxygen atoms in total. The summed E-state index contributed by atoms with van der Waals surface area (Å²) in [4.78, 5) is 29.0. The highest BCUT2D eigenvalue weighted by Gasteiger charge is 2.24. The molecule has 1 saturated heterocycles. The number of nitrogens with zero attached hydrogens (tertiary/aromatic N) is 3. The second kappa shape index (κ2) is 8.07. The Bertz CT molecular complexity index is 1200. The van der Waals surface area contributed by atoms with E-state index < -0.39 is 0 Å². The Morgan fingerprint density at radius 2 is 2.03 bits per heavy atom. The summed E-state index contributed by atoms with van der Waals surface area (Å²) in [6, 6.07) is 8.35. The third-order valence-electron chi connectivity index (χ3n) is 5.93. The fourth-order valence-corrected chi connectivity index (χ4v) is 5.42. The van der Waals surface area contributed by atoms with Crippen molar-refractivity contribution in [1.29, 1.82) is 0 Å². The van der Waals surface area contributed by atoms with E-state index in [0.29, 0.717) is 0 Å². The standard InChI is InChI=1S/C23H25N5OS/c1-15-19-21(24-10-9-16-13-25-18-8-4-3-7-17(16)18)26-14-27-22(19)30-20(15)23(29)28-11-5-2-6-12-28/h3-4,7-8,13-14,25H,2,5-6,9-12H2,1H3,(H,24,26,27). The third-order valence-corrected chi connectivity index (χ3v) is 7.11. The van der Waals surface area contributed by atoms with Crippen LogP contribution in [0.25, 0.3) is 21.1 Å². The van der Waals surface area contributed by atoms with Gasteiger partial charge in [0.1, 0.15) is 17.0 Å². The van der Waals surface area contributed by atoms with E-state index in [9.17, 15) is 4.79 Å². The number of H-pyrrole nitrogens is 1. The number of anilines is 1. The first kappa shape index (κ1) is 19.1. The lowest BCUT2D eigenvalue weighted by Crippen LogP contribution is -2.35. The fourth-order valence-electron chi connectivity index (χ4n) is 4.30. The van der Waals surface area contributed by atoms with Crippen molar-refractivity contribution in [1.82, 2.24) is 19.9 Å². The minimum Gasteiger partial charge on any atom is -0.369 e. The number of fused-ring (bicyclic) bond motifs is 2. The van der Waals surface area contributed by atoms with E-state index in [1.165, 1.54) is 28.7 Å². The fraction of sp³-hybridized carbons (Fsp3) is 0.348. The molecule has 0 spiro atoms.